The molecule has 0 spiro atoms. The van der Waals surface area contributed by atoms with Crippen molar-refractivity contribution in [1.82, 2.24) is 9.97 Å². The number of carboxylic acids is 1. The minimum absolute atomic E-state index is 0. The van der Waals surface area contributed by atoms with Crippen LogP contribution in [0.5, 0.6) is 23.0 Å². The van der Waals surface area contributed by atoms with Gasteiger partial charge in [-0.15, -0.1) is 0 Å². The SMILES string of the molecule is C.C.CCOC(=O)c1cc2cc(N)ccc2[nH]1.CCOC(=O)c1cc2cc(NC(=O)C3(c4ccc5c(c4)OCO5)CC3)ccc2[nH]1.O=C(O)C1(c2ccc3c(c2)OCO3)CC1. The first-order valence-electron chi connectivity index (χ1n) is 19.2. The molecule has 15 nitrogen and oxygen atoms in total. The van der Waals surface area contributed by atoms with Gasteiger partial charge in [-0.3, -0.25) is 9.59 Å². The Morgan fingerprint density at radius 1 is 0.639 bits per heavy atom. The average molecular weight is 835 g/mol. The summed E-state index contributed by atoms with van der Waals surface area (Å²) in [6.07, 6.45) is 3.00. The molecule has 10 rings (SSSR count). The number of aliphatic carboxylic acids is 1. The molecule has 0 atom stereocenters. The standard InChI is InChI=1S/C22H20N2O5.C11H12N2O2.C11H10O4.2CH4/c1-2-27-20(25)17-10-13-9-15(4-5-16(13)24-17)23-21(26)22(7-8-22)14-3-6-18-19(11-14)29-12-28-18;1-2-15-11(14)10-6-7-5-8(12)3-4-9(7)13-10;12-10(13)11(3-4-11)7-1-2-8-9(5-7)15-6-14-8;;/h3-6,9-11,24H,2,7-8,12H2,1H3,(H,23,26);3-6,13H,2,12H2,1H3;1-2,5H,3-4,6H2,(H,12,13);2*1H4. The van der Waals surface area contributed by atoms with Gasteiger partial charge < -0.3 is 54.5 Å². The lowest BCUT2D eigenvalue weighted by Crippen LogP contribution is -2.27. The van der Waals surface area contributed by atoms with E-state index in [0.717, 1.165) is 45.8 Å². The molecule has 2 aromatic heterocycles. The number of hydrogen-bond acceptors (Lipinski definition) is 11. The third-order valence-corrected chi connectivity index (χ3v) is 10.7. The van der Waals surface area contributed by atoms with Gasteiger partial charge >= 0.3 is 17.9 Å². The zero-order chi connectivity index (χ0) is 41.3. The van der Waals surface area contributed by atoms with E-state index in [1.54, 1.807) is 44.2 Å². The molecule has 2 fully saturated rings. The second-order valence-corrected chi connectivity index (χ2v) is 14.5. The monoisotopic (exact) mass is 834 g/mol. The van der Waals surface area contributed by atoms with Crippen molar-refractivity contribution in [1.29, 1.82) is 0 Å². The molecule has 0 radical (unpaired) electrons. The quantitative estimate of drug-likeness (QED) is 0.0685. The van der Waals surface area contributed by atoms with Gasteiger partial charge in [0.2, 0.25) is 19.5 Å². The van der Waals surface area contributed by atoms with Crippen LogP contribution in [0.15, 0.2) is 84.9 Å². The van der Waals surface area contributed by atoms with Crippen molar-refractivity contribution < 1.29 is 52.7 Å². The Morgan fingerprint density at radius 3 is 1.61 bits per heavy atom. The third-order valence-electron chi connectivity index (χ3n) is 10.7. The van der Waals surface area contributed by atoms with Crippen LogP contribution in [0.2, 0.25) is 0 Å². The first-order chi connectivity index (χ1) is 28.5. The molecule has 0 unspecified atom stereocenters. The summed E-state index contributed by atoms with van der Waals surface area (Å²) in [5.41, 5.74) is 10.1. The molecule has 0 bridgehead atoms. The van der Waals surface area contributed by atoms with E-state index in [9.17, 15) is 19.2 Å². The van der Waals surface area contributed by atoms with Crippen LogP contribution in [0.25, 0.3) is 21.8 Å². The largest absolute Gasteiger partial charge is 0.481 e. The van der Waals surface area contributed by atoms with Crippen molar-refractivity contribution >= 4 is 57.0 Å². The number of H-pyrrole nitrogens is 2. The topological polar surface area (TPSA) is 214 Å². The number of carboxylic acid groups (broad SMARTS) is 1. The fraction of sp³-hybridized carbons (Fsp3) is 0.304. The van der Waals surface area contributed by atoms with Gasteiger partial charge in [0, 0.05) is 33.2 Å². The van der Waals surface area contributed by atoms with Crippen LogP contribution in [0, 0.1) is 0 Å². The number of amides is 1. The number of nitrogens with two attached hydrogens (primary N) is 1. The Kier molecular flexibility index (Phi) is 12.5. The highest BCUT2D eigenvalue weighted by Gasteiger charge is 2.52. The summed E-state index contributed by atoms with van der Waals surface area (Å²) < 4.78 is 31.1. The number of nitrogen functional groups attached to an aromatic ring is 1. The van der Waals surface area contributed by atoms with E-state index in [0.29, 0.717) is 71.8 Å². The molecule has 15 heteroatoms. The number of esters is 2. The number of benzene rings is 4. The maximum absolute atomic E-state index is 13.1. The summed E-state index contributed by atoms with van der Waals surface area (Å²) in [5, 5.41) is 13.9. The smallest absolute Gasteiger partial charge is 0.354 e. The van der Waals surface area contributed by atoms with Crippen LogP contribution in [0.1, 0.15) is 86.5 Å². The molecule has 4 aliphatic rings. The molecule has 2 aliphatic carbocycles. The Hall–Kier alpha value is -7.16. The van der Waals surface area contributed by atoms with Gasteiger partial charge in [-0.2, -0.15) is 0 Å². The van der Waals surface area contributed by atoms with E-state index in [2.05, 4.69) is 15.3 Å². The van der Waals surface area contributed by atoms with Crippen LogP contribution in [-0.4, -0.2) is 65.7 Å². The summed E-state index contributed by atoms with van der Waals surface area (Å²) in [6, 6.07) is 25.5. The van der Waals surface area contributed by atoms with E-state index in [1.807, 2.05) is 54.6 Å². The lowest BCUT2D eigenvalue weighted by molar-refractivity contribution is -0.140. The number of carbonyl (C=O) groups is 4. The minimum Gasteiger partial charge on any atom is -0.481 e. The molecule has 0 saturated heterocycles. The number of fused-ring (bicyclic) bond motifs is 4. The van der Waals surface area contributed by atoms with Gasteiger partial charge in [-0.1, -0.05) is 27.0 Å². The van der Waals surface area contributed by atoms with Crippen LogP contribution >= 0.6 is 0 Å². The maximum Gasteiger partial charge on any atom is 0.354 e. The molecular weight excluding hydrogens is 785 g/mol. The highest BCUT2D eigenvalue weighted by Crippen LogP contribution is 2.52. The fourth-order valence-electron chi connectivity index (χ4n) is 7.16. The number of nitrogens with one attached hydrogen (secondary N) is 3. The molecule has 4 heterocycles. The van der Waals surface area contributed by atoms with Crippen molar-refractivity contribution in [2.45, 2.75) is 65.2 Å². The van der Waals surface area contributed by atoms with E-state index < -0.39 is 22.8 Å². The molecule has 2 saturated carbocycles. The van der Waals surface area contributed by atoms with Crippen LogP contribution < -0.4 is 30.0 Å². The molecular formula is C46H50N4O11. The summed E-state index contributed by atoms with van der Waals surface area (Å²) in [6.45, 7) is 4.66. The number of aromatic nitrogens is 2. The van der Waals surface area contributed by atoms with Gasteiger partial charge in [-0.25, -0.2) is 9.59 Å². The minimum atomic E-state index is -0.749. The Bertz CT molecular complexity index is 2600. The average Bonchev–Trinajstić information content (AvgIpc) is 3.94. The number of hydrogen-bond donors (Lipinski definition) is 5. The van der Waals surface area contributed by atoms with E-state index in [4.69, 9.17) is 39.3 Å². The Labute approximate surface area is 352 Å². The van der Waals surface area contributed by atoms with E-state index in [1.165, 1.54) is 0 Å². The zero-order valence-electron chi connectivity index (χ0n) is 32.3. The van der Waals surface area contributed by atoms with Crippen LogP contribution in [0.3, 0.4) is 0 Å². The second-order valence-electron chi connectivity index (χ2n) is 14.5. The zero-order valence-corrected chi connectivity index (χ0v) is 32.3. The molecule has 6 aromatic rings. The number of carbonyl (C=O) groups excluding carboxylic acids is 3. The molecule has 4 aromatic carbocycles. The van der Waals surface area contributed by atoms with Crippen molar-refractivity contribution in [3.63, 3.8) is 0 Å². The summed E-state index contributed by atoms with van der Waals surface area (Å²) in [4.78, 5) is 53.5. The van der Waals surface area contributed by atoms with Crippen LogP contribution in [-0.2, 0) is 29.9 Å². The normalized spacial score (nSPS) is 15.0. The van der Waals surface area contributed by atoms with E-state index in [-0.39, 0.29) is 40.3 Å². The van der Waals surface area contributed by atoms with Crippen molar-refractivity contribution in [2.75, 3.05) is 37.9 Å². The number of aromatic amines is 2. The lowest BCUT2D eigenvalue weighted by Gasteiger charge is -2.16. The van der Waals surface area contributed by atoms with Gasteiger partial charge in [0.25, 0.3) is 0 Å². The predicted molar refractivity (Wildman–Crippen MR) is 230 cm³/mol. The summed E-state index contributed by atoms with van der Waals surface area (Å²) in [5.74, 6) is 1.21. The summed E-state index contributed by atoms with van der Waals surface area (Å²) in [7, 11) is 0. The van der Waals surface area contributed by atoms with Crippen molar-refractivity contribution in [3.05, 3.63) is 107 Å². The van der Waals surface area contributed by atoms with Crippen LogP contribution in [0.4, 0.5) is 11.4 Å². The second kappa shape index (κ2) is 17.6. The van der Waals surface area contributed by atoms with Gasteiger partial charge in [0.15, 0.2) is 23.0 Å². The van der Waals surface area contributed by atoms with Gasteiger partial charge in [-0.05, 0) is 123 Å². The van der Waals surface area contributed by atoms with E-state index >= 15 is 0 Å². The Morgan fingerprint density at radius 2 is 1.11 bits per heavy atom. The number of ether oxygens (including phenoxy) is 6. The molecule has 1 amide bonds. The fourth-order valence-corrected chi connectivity index (χ4v) is 7.16. The lowest BCUT2D eigenvalue weighted by atomic mass is 9.94. The molecule has 2 aliphatic heterocycles. The predicted octanol–water partition coefficient (Wildman–Crippen LogP) is 8.47. The summed E-state index contributed by atoms with van der Waals surface area (Å²) >= 11 is 0. The molecule has 6 N–H and O–H groups in total. The first-order valence-corrected chi connectivity index (χ1v) is 19.2. The number of rotatable bonds is 9. The van der Waals surface area contributed by atoms with Crippen molar-refractivity contribution in [3.8, 4) is 23.0 Å². The third kappa shape index (κ3) is 8.76. The number of anilines is 2. The molecule has 320 valence electrons. The maximum atomic E-state index is 13.1. The van der Waals surface area contributed by atoms with Gasteiger partial charge in [0.1, 0.15) is 11.4 Å². The van der Waals surface area contributed by atoms with Crippen molar-refractivity contribution in [2.24, 2.45) is 0 Å². The first kappa shape index (κ1) is 43.4. The highest BCUT2D eigenvalue weighted by atomic mass is 16.7. The highest BCUT2D eigenvalue weighted by molar-refractivity contribution is 6.03. The van der Waals surface area contributed by atoms with Gasteiger partial charge in [0.05, 0.1) is 24.0 Å². The molecule has 61 heavy (non-hydrogen) atoms. The Balaban J connectivity index is 0.000000165.